The van der Waals surface area contributed by atoms with E-state index >= 15 is 0 Å². The summed E-state index contributed by atoms with van der Waals surface area (Å²) in [6, 6.07) is 15.7. The Hall–Kier alpha value is -3.77. The van der Waals surface area contributed by atoms with Crippen LogP contribution in [-0.2, 0) is 0 Å². The van der Waals surface area contributed by atoms with Crippen molar-refractivity contribution >= 4 is 11.4 Å². The summed E-state index contributed by atoms with van der Waals surface area (Å²) in [5.41, 5.74) is 9.64. The van der Waals surface area contributed by atoms with E-state index < -0.39 is 5.92 Å². The van der Waals surface area contributed by atoms with Crippen molar-refractivity contribution in [2.45, 2.75) is 5.92 Å². The molecule has 114 valence electrons. The molecule has 0 amide bonds. The van der Waals surface area contributed by atoms with Crippen LogP contribution in [0.5, 0.6) is 0 Å². The summed E-state index contributed by atoms with van der Waals surface area (Å²) in [4.78, 5) is 5.74. The molecule has 0 fully saturated rings. The number of fused-ring (bicyclic) bond motifs is 3. The van der Waals surface area contributed by atoms with E-state index in [9.17, 15) is 10.5 Å². The Kier molecular flexibility index (Phi) is 2.97. The summed E-state index contributed by atoms with van der Waals surface area (Å²) in [7, 11) is 0. The molecule has 0 bridgehead atoms. The van der Waals surface area contributed by atoms with Crippen molar-refractivity contribution < 1.29 is 0 Å². The Morgan fingerprint density at radius 3 is 2.46 bits per heavy atom. The maximum Gasteiger partial charge on any atom is 0.131 e. The lowest BCUT2D eigenvalue weighted by atomic mass is 9.83. The lowest BCUT2D eigenvalue weighted by Gasteiger charge is -2.31. The average molecular weight is 312 g/mol. The molecule has 1 unspecified atom stereocenters. The van der Waals surface area contributed by atoms with Crippen LogP contribution in [0.2, 0.25) is 0 Å². The van der Waals surface area contributed by atoms with Gasteiger partial charge in [0.2, 0.25) is 0 Å². The second-order valence-corrected chi connectivity index (χ2v) is 5.48. The van der Waals surface area contributed by atoms with Gasteiger partial charge in [0.25, 0.3) is 0 Å². The molecule has 2 aromatic rings. The first kappa shape index (κ1) is 13.9. The van der Waals surface area contributed by atoms with Gasteiger partial charge in [-0.2, -0.15) is 10.5 Å². The third kappa shape index (κ3) is 1.77. The maximum atomic E-state index is 9.79. The molecule has 3 N–H and O–H groups in total. The second-order valence-electron chi connectivity index (χ2n) is 5.48. The number of aromatic nitrogens is 1. The van der Waals surface area contributed by atoms with Crippen molar-refractivity contribution in [3.63, 3.8) is 0 Å². The standard InChI is InChI=1S/C18H12N6/c19-9-12-16(11-5-7-22-8-6-11)13(10-20)18-23-14-3-1-2-4-15(14)24(18)17(12)21/h1-8,16,23H,21H2. The predicted molar refractivity (Wildman–Crippen MR) is 89.0 cm³/mol. The summed E-state index contributed by atoms with van der Waals surface area (Å²) in [6.07, 6.45) is 3.28. The number of nitrogens with one attached hydrogen (secondary N) is 1. The Bertz CT molecular complexity index is 975. The number of pyridine rings is 1. The first-order chi connectivity index (χ1) is 11.8. The Morgan fingerprint density at radius 1 is 1.04 bits per heavy atom. The molecule has 24 heavy (non-hydrogen) atoms. The number of nitrogens with zero attached hydrogens (tertiary/aromatic N) is 4. The summed E-state index contributed by atoms with van der Waals surface area (Å²) in [5.74, 6) is 0.443. The topological polar surface area (TPSA) is 102 Å². The van der Waals surface area contributed by atoms with Crippen LogP contribution in [0.1, 0.15) is 11.5 Å². The predicted octanol–water partition coefficient (Wildman–Crippen LogP) is 2.54. The molecule has 1 aromatic carbocycles. The fourth-order valence-electron chi connectivity index (χ4n) is 3.19. The number of nitrogens with two attached hydrogens (primary N) is 1. The van der Waals surface area contributed by atoms with E-state index in [1.54, 1.807) is 29.4 Å². The van der Waals surface area contributed by atoms with Crippen LogP contribution in [-0.4, -0.2) is 4.98 Å². The number of allylic oxidation sites excluding steroid dienone is 2. The Labute approximate surface area is 138 Å². The van der Waals surface area contributed by atoms with Gasteiger partial charge in [0.05, 0.1) is 40.6 Å². The van der Waals surface area contributed by atoms with E-state index in [-0.39, 0.29) is 0 Å². The van der Waals surface area contributed by atoms with Gasteiger partial charge < -0.3 is 11.1 Å². The first-order valence-corrected chi connectivity index (χ1v) is 7.36. The highest BCUT2D eigenvalue weighted by Gasteiger charge is 2.39. The van der Waals surface area contributed by atoms with E-state index in [2.05, 4.69) is 22.4 Å². The van der Waals surface area contributed by atoms with E-state index in [4.69, 9.17) is 5.73 Å². The molecule has 0 spiro atoms. The van der Waals surface area contributed by atoms with Crippen LogP contribution in [0.4, 0.5) is 11.4 Å². The fraction of sp³-hybridized carbons (Fsp3) is 0.0556. The van der Waals surface area contributed by atoms with E-state index in [1.807, 2.05) is 24.3 Å². The second kappa shape index (κ2) is 5.15. The summed E-state index contributed by atoms with van der Waals surface area (Å²) < 4.78 is 0. The molecular formula is C18H12N6. The van der Waals surface area contributed by atoms with Crippen molar-refractivity contribution in [2.75, 3.05) is 10.2 Å². The quantitative estimate of drug-likeness (QED) is 0.839. The lowest BCUT2D eigenvalue weighted by molar-refractivity contribution is 0.866. The SMILES string of the molecule is N#CC1=C(N)N2C(=C(C#N)C1c1ccncc1)Nc1ccccc12. The number of nitriles is 2. The Balaban J connectivity index is 1.99. The van der Waals surface area contributed by atoms with E-state index in [1.165, 1.54) is 0 Å². The fourth-order valence-corrected chi connectivity index (χ4v) is 3.19. The van der Waals surface area contributed by atoms with Crippen molar-refractivity contribution in [1.82, 2.24) is 4.98 Å². The van der Waals surface area contributed by atoms with E-state index in [0.29, 0.717) is 22.8 Å². The molecule has 1 aromatic heterocycles. The monoisotopic (exact) mass is 312 g/mol. The number of para-hydroxylation sites is 2. The first-order valence-electron chi connectivity index (χ1n) is 7.36. The Morgan fingerprint density at radius 2 is 1.75 bits per heavy atom. The highest BCUT2D eigenvalue weighted by atomic mass is 15.4. The van der Waals surface area contributed by atoms with Gasteiger partial charge in [-0.1, -0.05) is 12.1 Å². The highest BCUT2D eigenvalue weighted by molar-refractivity contribution is 5.86. The lowest BCUT2D eigenvalue weighted by Crippen LogP contribution is -2.34. The molecule has 4 rings (SSSR count). The number of anilines is 2. The smallest absolute Gasteiger partial charge is 0.131 e. The van der Waals surface area contributed by atoms with E-state index in [0.717, 1.165) is 16.9 Å². The number of rotatable bonds is 1. The van der Waals surface area contributed by atoms with Gasteiger partial charge in [0.15, 0.2) is 0 Å². The van der Waals surface area contributed by atoms with Gasteiger partial charge in [-0.3, -0.25) is 9.88 Å². The zero-order chi connectivity index (χ0) is 16.7. The minimum absolute atomic E-state index is 0.339. The van der Waals surface area contributed by atoms with Gasteiger partial charge in [0.1, 0.15) is 11.6 Å². The third-order valence-corrected chi connectivity index (χ3v) is 4.25. The number of benzene rings is 1. The molecule has 0 saturated heterocycles. The largest absolute Gasteiger partial charge is 0.384 e. The van der Waals surface area contributed by atoms with Crippen molar-refractivity contribution in [3.8, 4) is 12.1 Å². The minimum atomic E-state index is -0.504. The maximum absolute atomic E-state index is 9.79. The minimum Gasteiger partial charge on any atom is -0.384 e. The summed E-state index contributed by atoms with van der Waals surface area (Å²) >= 11 is 0. The van der Waals surface area contributed by atoms with Crippen LogP contribution < -0.4 is 16.0 Å². The number of hydrogen-bond acceptors (Lipinski definition) is 6. The zero-order valence-electron chi connectivity index (χ0n) is 12.6. The van der Waals surface area contributed by atoms with Crippen molar-refractivity contribution in [1.29, 1.82) is 10.5 Å². The number of hydrogen-bond donors (Lipinski definition) is 2. The molecule has 2 aliphatic heterocycles. The van der Waals surface area contributed by atoms with Gasteiger partial charge in [-0.05, 0) is 29.8 Å². The molecule has 0 saturated carbocycles. The van der Waals surface area contributed by atoms with Crippen LogP contribution in [0.25, 0.3) is 0 Å². The van der Waals surface area contributed by atoms with Crippen molar-refractivity contribution in [3.05, 3.63) is 77.1 Å². The summed E-state index contributed by atoms with van der Waals surface area (Å²) in [5, 5.41) is 22.7. The summed E-state index contributed by atoms with van der Waals surface area (Å²) in [6.45, 7) is 0. The van der Waals surface area contributed by atoms with Crippen molar-refractivity contribution in [2.24, 2.45) is 5.73 Å². The van der Waals surface area contributed by atoms with Gasteiger partial charge in [-0.15, -0.1) is 0 Å². The molecule has 1 atom stereocenters. The van der Waals surface area contributed by atoms with Gasteiger partial charge in [0, 0.05) is 12.4 Å². The molecule has 6 nitrogen and oxygen atoms in total. The van der Waals surface area contributed by atoms with Gasteiger partial charge in [-0.25, -0.2) is 0 Å². The van der Waals surface area contributed by atoms with Gasteiger partial charge >= 0.3 is 0 Å². The highest BCUT2D eigenvalue weighted by Crippen LogP contribution is 2.47. The normalized spacial score (nSPS) is 18.4. The molecule has 0 aliphatic carbocycles. The third-order valence-electron chi connectivity index (χ3n) is 4.25. The molecular weight excluding hydrogens is 300 g/mol. The molecule has 0 radical (unpaired) electrons. The zero-order valence-corrected chi connectivity index (χ0v) is 12.6. The van der Waals surface area contributed by atoms with Crippen LogP contribution in [0.3, 0.4) is 0 Å². The molecule has 6 heteroatoms. The van der Waals surface area contributed by atoms with Crippen LogP contribution >= 0.6 is 0 Å². The molecule has 2 aliphatic rings. The average Bonchev–Trinajstić information content (AvgIpc) is 3.02. The van der Waals surface area contributed by atoms with Crippen LogP contribution in [0, 0.1) is 22.7 Å². The van der Waals surface area contributed by atoms with Crippen LogP contribution in [0.15, 0.2) is 71.6 Å². The molecule has 3 heterocycles.